The van der Waals surface area contributed by atoms with E-state index >= 15 is 0 Å². The van der Waals surface area contributed by atoms with Crippen LogP contribution in [0.3, 0.4) is 0 Å². The van der Waals surface area contributed by atoms with Crippen molar-refractivity contribution < 1.29 is 0 Å². The summed E-state index contributed by atoms with van der Waals surface area (Å²) in [7, 11) is 0. The Morgan fingerprint density at radius 3 is 2.38 bits per heavy atom. The van der Waals surface area contributed by atoms with Gasteiger partial charge in [-0.2, -0.15) is 5.10 Å². The molecule has 0 atom stereocenters. The molecule has 0 aliphatic heterocycles. The second-order valence-corrected chi connectivity index (χ2v) is 5.82. The topological polar surface area (TPSA) is 63.1 Å². The number of fused-ring (bicyclic) bond motifs is 1. The van der Waals surface area contributed by atoms with Gasteiger partial charge in [-0.15, -0.1) is 0 Å². The van der Waals surface area contributed by atoms with Gasteiger partial charge in [0.05, 0.1) is 16.9 Å². The average molecular weight is 339 g/mol. The van der Waals surface area contributed by atoms with Gasteiger partial charge in [0.15, 0.2) is 0 Å². The average Bonchev–Trinajstić information content (AvgIpc) is 2.72. The lowest BCUT2D eigenvalue weighted by molar-refractivity contribution is 1.15. The number of nitrogens with one attached hydrogen (secondary N) is 1. The third-order valence-electron chi connectivity index (χ3n) is 4.07. The number of nitrogens with zero attached hydrogens (tertiary/aromatic N) is 4. The van der Waals surface area contributed by atoms with Crippen LogP contribution >= 0.6 is 0 Å². The molecule has 4 aromatic rings. The van der Waals surface area contributed by atoms with Gasteiger partial charge >= 0.3 is 0 Å². The fourth-order valence-corrected chi connectivity index (χ4v) is 2.73. The Balaban J connectivity index is 1.75. The van der Waals surface area contributed by atoms with E-state index in [4.69, 9.17) is 4.98 Å². The van der Waals surface area contributed by atoms with E-state index < -0.39 is 0 Å². The molecule has 4 rings (SSSR count). The SMILES string of the molecule is CC(=NNc1nc(-c2ccccc2)c2ccccc2n1)c1ccncc1. The summed E-state index contributed by atoms with van der Waals surface area (Å²) in [4.78, 5) is 13.3. The smallest absolute Gasteiger partial charge is 0.244 e. The molecule has 0 radical (unpaired) electrons. The van der Waals surface area contributed by atoms with Gasteiger partial charge in [0.1, 0.15) is 0 Å². The van der Waals surface area contributed by atoms with Crippen LogP contribution in [0.5, 0.6) is 0 Å². The molecule has 126 valence electrons. The van der Waals surface area contributed by atoms with Crippen LogP contribution in [0.1, 0.15) is 12.5 Å². The zero-order valence-corrected chi connectivity index (χ0v) is 14.3. The number of hydrogen-bond acceptors (Lipinski definition) is 5. The molecule has 5 heteroatoms. The first-order chi connectivity index (χ1) is 12.8. The zero-order valence-electron chi connectivity index (χ0n) is 14.3. The summed E-state index contributed by atoms with van der Waals surface area (Å²) in [6, 6.07) is 21.9. The minimum Gasteiger partial charge on any atom is -0.265 e. The van der Waals surface area contributed by atoms with Gasteiger partial charge in [0.2, 0.25) is 5.95 Å². The molecular formula is C21H17N5. The van der Waals surface area contributed by atoms with Crippen LogP contribution in [0.2, 0.25) is 0 Å². The zero-order chi connectivity index (χ0) is 17.8. The van der Waals surface area contributed by atoms with Crippen LogP contribution in [0, 0.1) is 0 Å². The Hall–Kier alpha value is -3.60. The maximum atomic E-state index is 4.70. The highest BCUT2D eigenvalue weighted by atomic mass is 15.4. The van der Waals surface area contributed by atoms with Crippen molar-refractivity contribution in [1.82, 2.24) is 15.0 Å². The highest BCUT2D eigenvalue weighted by Gasteiger charge is 2.09. The lowest BCUT2D eigenvalue weighted by atomic mass is 10.1. The normalized spacial score (nSPS) is 11.5. The van der Waals surface area contributed by atoms with Gasteiger partial charge < -0.3 is 0 Å². The van der Waals surface area contributed by atoms with Gasteiger partial charge in [0.25, 0.3) is 0 Å². The summed E-state index contributed by atoms with van der Waals surface area (Å²) in [5.41, 5.74) is 7.63. The second kappa shape index (κ2) is 7.11. The Labute approximate surface area is 151 Å². The molecule has 1 N–H and O–H groups in total. The Morgan fingerprint density at radius 2 is 1.58 bits per heavy atom. The minimum atomic E-state index is 0.468. The molecule has 0 fully saturated rings. The molecule has 5 nitrogen and oxygen atoms in total. The predicted molar refractivity (Wildman–Crippen MR) is 105 cm³/mol. The molecule has 2 heterocycles. The van der Waals surface area contributed by atoms with Crippen LogP contribution in [0.4, 0.5) is 5.95 Å². The number of hydrogen-bond donors (Lipinski definition) is 1. The number of rotatable bonds is 4. The van der Waals surface area contributed by atoms with Gasteiger partial charge in [-0.25, -0.2) is 15.4 Å². The monoisotopic (exact) mass is 339 g/mol. The Bertz CT molecular complexity index is 1060. The number of hydrazone groups is 1. The summed E-state index contributed by atoms with van der Waals surface area (Å²) in [6.07, 6.45) is 3.49. The molecular weight excluding hydrogens is 322 g/mol. The maximum absolute atomic E-state index is 4.70. The largest absolute Gasteiger partial charge is 0.265 e. The van der Waals surface area contributed by atoms with Crippen LogP contribution in [0.15, 0.2) is 84.2 Å². The summed E-state index contributed by atoms with van der Waals surface area (Å²) in [6.45, 7) is 1.93. The number of aromatic nitrogens is 3. The molecule has 26 heavy (non-hydrogen) atoms. The molecule has 0 aliphatic carbocycles. The summed E-state index contributed by atoms with van der Waals surface area (Å²) in [5.74, 6) is 0.468. The molecule has 0 saturated heterocycles. The van der Waals surface area contributed by atoms with E-state index in [1.54, 1.807) is 12.4 Å². The van der Waals surface area contributed by atoms with Crippen molar-refractivity contribution in [2.45, 2.75) is 6.92 Å². The van der Waals surface area contributed by atoms with Crippen molar-refractivity contribution in [3.8, 4) is 11.3 Å². The predicted octanol–water partition coefficient (Wildman–Crippen LogP) is 4.53. The van der Waals surface area contributed by atoms with Gasteiger partial charge in [-0.3, -0.25) is 4.98 Å². The molecule has 0 saturated carbocycles. The van der Waals surface area contributed by atoms with Crippen molar-refractivity contribution in [3.63, 3.8) is 0 Å². The molecule has 0 amide bonds. The Morgan fingerprint density at radius 1 is 0.846 bits per heavy atom. The van der Waals surface area contributed by atoms with Crippen LogP contribution in [-0.2, 0) is 0 Å². The highest BCUT2D eigenvalue weighted by molar-refractivity contribution is 5.99. The third kappa shape index (κ3) is 3.28. The molecule has 0 aliphatic rings. The first-order valence-electron chi connectivity index (χ1n) is 8.34. The third-order valence-corrected chi connectivity index (χ3v) is 4.07. The molecule has 2 aromatic heterocycles. The fraction of sp³-hybridized carbons (Fsp3) is 0.0476. The summed E-state index contributed by atoms with van der Waals surface area (Å²) in [5, 5.41) is 5.43. The first kappa shape index (κ1) is 15.9. The second-order valence-electron chi connectivity index (χ2n) is 5.82. The van der Waals surface area contributed by atoms with Crippen LogP contribution in [-0.4, -0.2) is 20.7 Å². The van der Waals surface area contributed by atoms with Crippen LogP contribution < -0.4 is 5.43 Å². The number of para-hydroxylation sites is 1. The maximum Gasteiger partial charge on any atom is 0.244 e. The quantitative estimate of drug-likeness (QED) is 0.438. The first-order valence-corrected chi connectivity index (χ1v) is 8.34. The molecule has 0 unspecified atom stereocenters. The van der Waals surface area contributed by atoms with E-state index in [0.717, 1.165) is 33.4 Å². The number of pyridine rings is 1. The molecule has 2 aromatic carbocycles. The van der Waals surface area contributed by atoms with Crippen molar-refractivity contribution in [1.29, 1.82) is 0 Å². The van der Waals surface area contributed by atoms with E-state index in [1.807, 2.05) is 73.7 Å². The molecule has 0 bridgehead atoms. The van der Waals surface area contributed by atoms with E-state index in [2.05, 4.69) is 20.5 Å². The van der Waals surface area contributed by atoms with Gasteiger partial charge in [-0.05, 0) is 25.1 Å². The van der Waals surface area contributed by atoms with Gasteiger partial charge in [0, 0.05) is 28.9 Å². The van der Waals surface area contributed by atoms with Crippen molar-refractivity contribution in [3.05, 3.63) is 84.7 Å². The van der Waals surface area contributed by atoms with E-state index in [-0.39, 0.29) is 0 Å². The number of benzene rings is 2. The van der Waals surface area contributed by atoms with E-state index in [1.165, 1.54) is 0 Å². The highest BCUT2D eigenvalue weighted by Crippen LogP contribution is 2.26. The number of anilines is 1. The minimum absolute atomic E-state index is 0.468. The van der Waals surface area contributed by atoms with Crippen molar-refractivity contribution in [2.24, 2.45) is 5.10 Å². The van der Waals surface area contributed by atoms with Crippen molar-refractivity contribution in [2.75, 3.05) is 5.43 Å². The lowest BCUT2D eigenvalue weighted by Gasteiger charge is -2.09. The molecule has 0 spiro atoms. The standard InChI is InChI=1S/C21H17N5/c1-15(16-11-13-22-14-12-16)25-26-21-23-19-10-6-5-9-18(19)20(24-21)17-7-3-2-4-8-17/h2-14H,1H3,(H,23,24,26). The van der Waals surface area contributed by atoms with Crippen molar-refractivity contribution >= 4 is 22.6 Å². The van der Waals surface area contributed by atoms with E-state index in [0.29, 0.717) is 5.95 Å². The lowest BCUT2D eigenvalue weighted by Crippen LogP contribution is -2.03. The van der Waals surface area contributed by atoms with Gasteiger partial charge in [-0.1, -0.05) is 48.5 Å². The summed E-state index contributed by atoms with van der Waals surface area (Å²) < 4.78 is 0. The fourth-order valence-electron chi connectivity index (χ4n) is 2.73. The van der Waals surface area contributed by atoms with Crippen LogP contribution in [0.25, 0.3) is 22.2 Å². The Kier molecular flexibility index (Phi) is 4.35. The van der Waals surface area contributed by atoms with E-state index in [9.17, 15) is 0 Å². The summed E-state index contributed by atoms with van der Waals surface area (Å²) >= 11 is 0.